The van der Waals surface area contributed by atoms with E-state index in [-0.39, 0.29) is 5.91 Å². The Morgan fingerprint density at radius 2 is 1.69 bits per heavy atom. The predicted molar refractivity (Wildman–Crippen MR) is 118 cm³/mol. The summed E-state index contributed by atoms with van der Waals surface area (Å²) in [6, 6.07) is 16.8. The fraction of sp³-hybridized carbons (Fsp3) is 0.348. The van der Waals surface area contributed by atoms with E-state index < -0.39 is 0 Å². The fourth-order valence-electron chi connectivity index (χ4n) is 4.52. The summed E-state index contributed by atoms with van der Waals surface area (Å²) >= 11 is 1.51. The molecule has 0 spiro atoms. The van der Waals surface area contributed by atoms with E-state index in [1.54, 1.807) is 0 Å². The second-order valence-corrected chi connectivity index (χ2v) is 8.83. The molecule has 1 aliphatic heterocycles. The average molecular weight is 405 g/mol. The predicted octanol–water partition coefficient (Wildman–Crippen LogP) is 4.92. The lowest BCUT2D eigenvalue weighted by Crippen LogP contribution is -2.48. The zero-order valence-electron chi connectivity index (χ0n) is 16.7. The lowest BCUT2D eigenvalue weighted by molar-refractivity contribution is -0.134. The molecule has 5 rings (SSSR count). The summed E-state index contributed by atoms with van der Waals surface area (Å²) in [5.74, 6) is 0.587. The van der Waals surface area contributed by atoms with Gasteiger partial charge in [-0.25, -0.2) is 9.97 Å². The van der Waals surface area contributed by atoms with Crippen LogP contribution in [-0.2, 0) is 4.79 Å². The lowest BCUT2D eigenvalue weighted by atomic mass is 9.98. The van der Waals surface area contributed by atoms with Gasteiger partial charge in [0.1, 0.15) is 5.65 Å². The minimum Gasteiger partial charge on any atom is -0.337 e. The number of fused-ring (bicyclic) bond motifs is 5. The van der Waals surface area contributed by atoms with Crippen LogP contribution in [0, 0.1) is 0 Å². The number of nitrogens with zero attached hydrogens (tertiary/aromatic N) is 4. The van der Waals surface area contributed by atoms with Crippen molar-refractivity contribution in [3.05, 3.63) is 48.5 Å². The second-order valence-electron chi connectivity index (χ2n) is 7.89. The van der Waals surface area contributed by atoms with Gasteiger partial charge >= 0.3 is 0 Å². The minimum atomic E-state index is 0.197. The largest absolute Gasteiger partial charge is 0.337 e. The van der Waals surface area contributed by atoms with Crippen LogP contribution in [0.4, 0.5) is 0 Å². The number of para-hydroxylation sites is 3. The molecule has 2 aromatic heterocycles. The number of hydrogen-bond acceptors (Lipinski definition) is 4. The SMILES string of the molecule is CC1CCCC(C)N1C(=O)CSc1nc2ccccc2c2nc3ccccc3n12. The highest BCUT2D eigenvalue weighted by Gasteiger charge is 2.29. The van der Waals surface area contributed by atoms with Gasteiger partial charge in [-0.05, 0) is 57.4 Å². The van der Waals surface area contributed by atoms with Crippen LogP contribution in [0.3, 0.4) is 0 Å². The summed E-state index contributed by atoms with van der Waals surface area (Å²) < 4.78 is 2.10. The summed E-state index contributed by atoms with van der Waals surface area (Å²) in [6.07, 6.45) is 3.38. The molecule has 0 aliphatic carbocycles. The third kappa shape index (κ3) is 3.15. The maximum absolute atomic E-state index is 13.0. The van der Waals surface area contributed by atoms with Gasteiger partial charge < -0.3 is 4.90 Å². The highest BCUT2D eigenvalue weighted by atomic mass is 32.2. The van der Waals surface area contributed by atoms with E-state index in [9.17, 15) is 4.79 Å². The number of amides is 1. The zero-order valence-corrected chi connectivity index (χ0v) is 17.5. The fourth-order valence-corrected chi connectivity index (χ4v) is 5.40. The van der Waals surface area contributed by atoms with Crippen LogP contribution in [-0.4, -0.2) is 43.0 Å². The number of rotatable bonds is 3. The van der Waals surface area contributed by atoms with Crippen LogP contribution in [0.1, 0.15) is 33.1 Å². The molecule has 5 nitrogen and oxygen atoms in total. The number of likely N-dealkylation sites (tertiary alicyclic amines) is 1. The standard InChI is InChI=1S/C23H24N4OS/c1-15-8-7-9-16(2)26(15)21(28)14-29-23-25-18-11-4-3-10-17(18)22-24-19-12-5-6-13-20(19)27(22)23/h3-6,10-13,15-16H,7-9,14H2,1-2H3. The first-order valence-corrected chi connectivity index (χ1v) is 11.2. The summed E-state index contributed by atoms with van der Waals surface area (Å²) in [6.45, 7) is 4.32. The maximum atomic E-state index is 13.0. The van der Waals surface area contributed by atoms with Crippen molar-refractivity contribution in [2.45, 2.75) is 50.4 Å². The molecule has 0 bridgehead atoms. The number of aromatic nitrogens is 3. The molecule has 1 fully saturated rings. The highest BCUT2D eigenvalue weighted by Crippen LogP contribution is 2.30. The Balaban J connectivity index is 1.56. The molecule has 2 unspecified atom stereocenters. The van der Waals surface area contributed by atoms with Crippen molar-refractivity contribution in [1.29, 1.82) is 0 Å². The van der Waals surface area contributed by atoms with E-state index >= 15 is 0 Å². The maximum Gasteiger partial charge on any atom is 0.233 e. The van der Waals surface area contributed by atoms with E-state index in [0.29, 0.717) is 17.8 Å². The Kier molecular flexibility index (Phi) is 4.66. The van der Waals surface area contributed by atoms with Crippen LogP contribution < -0.4 is 0 Å². The van der Waals surface area contributed by atoms with Crippen LogP contribution in [0.5, 0.6) is 0 Å². The molecule has 1 aliphatic rings. The van der Waals surface area contributed by atoms with Crippen molar-refractivity contribution in [2.24, 2.45) is 0 Å². The Hall–Kier alpha value is -2.60. The van der Waals surface area contributed by atoms with Crippen LogP contribution in [0.2, 0.25) is 0 Å². The van der Waals surface area contributed by atoms with E-state index in [1.807, 2.05) is 36.4 Å². The second kappa shape index (κ2) is 7.34. The van der Waals surface area contributed by atoms with Gasteiger partial charge in [0.25, 0.3) is 0 Å². The Morgan fingerprint density at radius 1 is 1.00 bits per heavy atom. The molecular formula is C23H24N4OS. The Bertz CT molecular complexity index is 1210. The summed E-state index contributed by atoms with van der Waals surface area (Å²) in [7, 11) is 0. The van der Waals surface area contributed by atoms with Gasteiger partial charge in [0.15, 0.2) is 5.16 Å². The first-order valence-electron chi connectivity index (χ1n) is 10.2. The lowest BCUT2D eigenvalue weighted by Gasteiger charge is -2.39. The summed E-state index contributed by atoms with van der Waals surface area (Å²) in [4.78, 5) is 24.9. The van der Waals surface area contributed by atoms with Gasteiger partial charge in [0.05, 0.1) is 22.3 Å². The first kappa shape index (κ1) is 18.4. The zero-order chi connectivity index (χ0) is 20.0. The van der Waals surface area contributed by atoms with E-state index in [4.69, 9.17) is 9.97 Å². The molecule has 0 radical (unpaired) electrons. The van der Waals surface area contributed by atoms with Gasteiger partial charge in [-0.2, -0.15) is 0 Å². The van der Waals surface area contributed by atoms with Crippen LogP contribution in [0.25, 0.3) is 27.6 Å². The monoisotopic (exact) mass is 404 g/mol. The van der Waals surface area contributed by atoms with Crippen LogP contribution >= 0.6 is 11.8 Å². The number of hydrogen-bond donors (Lipinski definition) is 0. The van der Waals surface area contributed by atoms with Crippen LogP contribution in [0.15, 0.2) is 53.7 Å². The molecular weight excluding hydrogens is 380 g/mol. The van der Waals surface area contributed by atoms with Crippen molar-refractivity contribution in [3.63, 3.8) is 0 Å². The summed E-state index contributed by atoms with van der Waals surface area (Å²) in [5, 5.41) is 1.84. The molecule has 1 amide bonds. The molecule has 2 atom stereocenters. The topological polar surface area (TPSA) is 50.5 Å². The third-order valence-corrected chi connectivity index (χ3v) is 6.84. The molecule has 2 aromatic carbocycles. The van der Waals surface area contributed by atoms with Crippen molar-refractivity contribution < 1.29 is 4.79 Å². The number of carbonyl (C=O) groups is 1. The smallest absolute Gasteiger partial charge is 0.233 e. The van der Waals surface area contributed by atoms with Gasteiger partial charge in [0.2, 0.25) is 5.91 Å². The highest BCUT2D eigenvalue weighted by molar-refractivity contribution is 7.99. The molecule has 29 heavy (non-hydrogen) atoms. The molecule has 3 heterocycles. The van der Waals surface area contributed by atoms with Crippen molar-refractivity contribution in [2.75, 3.05) is 5.75 Å². The first-order chi connectivity index (χ1) is 14.1. The number of thioether (sulfide) groups is 1. The van der Waals surface area contributed by atoms with E-state index in [0.717, 1.165) is 45.6 Å². The van der Waals surface area contributed by atoms with Crippen molar-refractivity contribution >= 4 is 45.3 Å². The quantitative estimate of drug-likeness (QED) is 0.359. The van der Waals surface area contributed by atoms with E-state index in [1.165, 1.54) is 18.2 Å². The number of carbonyl (C=O) groups excluding carboxylic acids is 1. The normalized spacial score (nSPS) is 20.0. The van der Waals surface area contributed by atoms with Gasteiger partial charge in [0, 0.05) is 17.5 Å². The van der Waals surface area contributed by atoms with Gasteiger partial charge in [-0.3, -0.25) is 9.20 Å². The molecule has 0 saturated carbocycles. The number of imidazole rings is 1. The number of benzene rings is 2. The van der Waals surface area contributed by atoms with Crippen molar-refractivity contribution in [3.8, 4) is 0 Å². The molecule has 1 saturated heterocycles. The van der Waals surface area contributed by atoms with E-state index in [2.05, 4.69) is 35.3 Å². The molecule has 148 valence electrons. The third-order valence-electron chi connectivity index (χ3n) is 5.92. The molecule has 0 N–H and O–H groups in total. The minimum absolute atomic E-state index is 0.197. The van der Waals surface area contributed by atoms with Crippen molar-refractivity contribution in [1.82, 2.24) is 19.3 Å². The van der Waals surface area contributed by atoms with Gasteiger partial charge in [-0.15, -0.1) is 0 Å². The molecule has 6 heteroatoms. The Morgan fingerprint density at radius 3 is 2.48 bits per heavy atom. The summed E-state index contributed by atoms with van der Waals surface area (Å²) in [5.41, 5.74) is 3.77. The Labute approximate surface area is 174 Å². The average Bonchev–Trinajstić information content (AvgIpc) is 3.12. The number of piperidine rings is 1. The molecule has 4 aromatic rings. The van der Waals surface area contributed by atoms with Gasteiger partial charge in [-0.1, -0.05) is 36.0 Å².